The van der Waals surface area contributed by atoms with E-state index in [1.165, 1.54) is 6.92 Å². The highest BCUT2D eigenvalue weighted by atomic mass is 19.1. The Bertz CT molecular complexity index is 328. The zero-order valence-electron chi connectivity index (χ0n) is 7.87. The van der Waals surface area contributed by atoms with Gasteiger partial charge in [0.15, 0.2) is 0 Å². The zero-order valence-corrected chi connectivity index (χ0v) is 7.87. The Balaban J connectivity index is 2.83. The van der Waals surface area contributed by atoms with Crippen LogP contribution in [0.3, 0.4) is 0 Å². The van der Waals surface area contributed by atoms with Crippen LogP contribution >= 0.6 is 0 Å². The van der Waals surface area contributed by atoms with Crippen molar-refractivity contribution >= 4 is 5.97 Å². The first kappa shape index (κ1) is 10.7. The number of nitrogens with two attached hydrogens (primary N) is 1. The summed E-state index contributed by atoms with van der Waals surface area (Å²) in [5.41, 5.74) is 6.10. The SMILES string of the molecule is CC(=O)Oc1cccc([C@H](N)CF)c1. The van der Waals surface area contributed by atoms with Gasteiger partial charge in [0.1, 0.15) is 12.4 Å². The van der Waals surface area contributed by atoms with E-state index in [1.807, 2.05) is 0 Å². The van der Waals surface area contributed by atoms with Crippen molar-refractivity contribution in [1.29, 1.82) is 0 Å². The minimum Gasteiger partial charge on any atom is -0.427 e. The molecule has 76 valence electrons. The van der Waals surface area contributed by atoms with Gasteiger partial charge in [0.05, 0.1) is 6.04 Å². The van der Waals surface area contributed by atoms with Crippen molar-refractivity contribution in [2.45, 2.75) is 13.0 Å². The summed E-state index contributed by atoms with van der Waals surface area (Å²) in [4.78, 5) is 10.6. The highest BCUT2D eigenvalue weighted by molar-refractivity contribution is 5.69. The summed E-state index contributed by atoms with van der Waals surface area (Å²) >= 11 is 0. The second-order valence-electron chi connectivity index (χ2n) is 2.93. The van der Waals surface area contributed by atoms with Crippen LogP contribution in [-0.2, 0) is 4.79 Å². The van der Waals surface area contributed by atoms with Crippen molar-refractivity contribution in [3.63, 3.8) is 0 Å². The van der Waals surface area contributed by atoms with Crippen molar-refractivity contribution in [3.05, 3.63) is 29.8 Å². The van der Waals surface area contributed by atoms with Gasteiger partial charge in [-0.15, -0.1) is 0 Å². The molecule has 2 N–H and O–H groups in total. The lowest BCUT2D eigenvalue weighted by molar-refractivity contribution is -0.131. The third-order valence-corrected chi connectivity index (χ3v) is 1.71. The van der Waals surface area contributed by atoms with Crippen molar-refractivity contribution in [1.82, 2.24) is 0 Å². The van der Waals surface area contributed by atoms with Crippen LogP contribution < -0.4 is 10.5 Å². The molecule has 0 amide bonds. The van der Waals surface area contributed by atoms with Gasteiger partial charge in [0.2, 0.25) is 0 Å². The lowest BCUT2D eigenvalue weighted by Gasteiger charge is -2.08. The standard InChI is InChI=1S/C10H12FNO2/c1-7(13)14-9-4-2-3-8(5-9)10(12)6-11/h2-5,10H,6,12H2,1H3/t10-/m1/s1. The van der Waals surface area contributed by atoms with Gasteiger partial charge in [-0.25, -0.2) is 4.39 Å². The molecule has 0 fully saturated rings. The second kappa shape index (κ2) is 4.72. The highest BCUT2D eigenvalue weighted by Crippen LogP contribution is 2.18. The number of carbonyl (C=O) groups is 1. The lowest BCUT2D eigenvalue weighted by atomic mass is 10.1. The third-order valence-electron chi connectivity index (χ3n) is 1.71. The molecule has 0 aliphatic heterocycles. The quantitative estimate of drug-likeness (QED) is 0.591. The van der Waals surface area contributed by atoms with E-state index < -0.39 is 18.7 Å². The minimum absolute atomic E-state index is 0.388. The third kappa shape index (κ3) is 2.81. The maximum Gasteiger partial charge on any atom is 0.308 e. The molecule has 0 aromatic heterocycles. The van der Waals surface area contributed by atoms with Crippen LogP contribution in [0.4, 0.5) is 4.39 Å². The molecule has 3 nitrogen and oxygen atoms in total. The van der Waals surface area contributed by atoms with E-state index in [4.69, 9.17) is 10.5 Å². The van der Waals surface area contributed by atoms with Crippen molar-refractivity contribution in [2.24, 2.45) is 5.73 Å². The Morgan fingerprint density at radius 3 is 2.93 bits per heavy atom. The van der Waals surface area contributed by atoms with Crippen LogP contribution in [0, 0.1) is 0 Å². The second-order valence-corrected chi connectivity index (χ2v) is 2.93. The van der Waals surface area contributed by atoms with Crippen LogP contribution in [0.25, 0.3) is 0 Å². The van der Waals surface area contributed by atoms with Crippen molar-refractivity contribution in [3.8, 4) is 5.75 Å². The van der Waals surface area contributed by atoms with E-state index in [0.717, 1.165) is 0 Å². The molecule has 1 atom stereocenters. The summed E-state index contributed by atoms with van der Waals surface area (Å²) < 4.78 is 17.1. The van der Waals surface area contributed by atoms with Crippen molar-refractivity contribution in [2.75, 3.05) is 6.67 Å². The molecule has 14 heavy (non-hydrogen) atoms. The number of esters is 1. The minimum atomic E-state index is -0.662. The normalized spacial score (nSPS) is 12.2. The topological polar surface area (TPSA) is 52.3 Å². The van der Waals surface area contributed by atoms with E-state index in [-0.39, 0.29) is 0 Å². The monoisotopic (exact) mass is 197 g/mol. The van der Waals surface area contributed by atoms with Gasteiger partial charge in [-0.05, 0) is 17.7 Å². The van der Waals surface area contributed by atoms with Gasteiger partial charge in [-0.1, -0.05) is 12.1 Å². The first-order chi connectivity index (χ1) is 6.63. The van der Waals surface area contributed by atoms with E-state index in [0.29, 0.717) is 11.3 Å². The number of benzene rings is 1. The smallest absolute Gasteiger partial charge is 0.308 e. The molecule has 0 bridgehead atoms. The average molecular weight is 197 g/mol. The summed E-state index contributed by atoms with van der Waals surface area (Å²) in [7, 11) is 0. The fourth-order valence-corrected chi connectivity index (χ4v) is 1.06. The zero-order chi connectivity index (χ0) is 10.6. The largest absolute Gasteiger partial charge is 0.427 e. The Morgan fingerprint density at radius 1 is 1.64 bits per heavy atom. The average Bonchev–Trinajstić information content (AvgIpc) is 2.16. The van der Waals surface area contributed by atoms with E-state index in [2.05, 4.69) is 0 Å². The van der Waals surface area contributed by atoms with E-state index in [9.17, 15) is 9.18 Å². The molecule has 4 heteroatoms. The maximum atomic E-state index is 12.2. The molecule has 0 radical (unpaired) electrons. The van der Waals surface area contributed by atoms with Crippen LogP contribution in [0.5, 0.6) is 5.75 Å². The fourth-order valence-electron chi connectivity index (χ4n) is 1.06. The van der Waals surface area contributed by atoms with E-state index >= 15 is 0 Å². The number of rotatable bonds is 3. The molecular weight excluding hydrogens is 185 g/mol. The Labute approximate surface area is 81.7 Å². The number of hydrogen-bond acceptors (Lipinski definition) is 3. The van der Waals surface area contributed by atoms with Crippen LogP contribution in [0.2, 0.25) is 0 Å². The molecule has 0 saturated heterocycles. The van der Waals surface area contributed by atoms with E-state index in [1.54, 1.807) is 24.3 Å². The van der Waals surface area contributed by atoms with Crippen LogP contribution in [0.15, 0.2) is 24.3 Å². The molecule has 0 spiro atoms. The molecule has 0 aliphatic carbocycles. The molecular formula is C10H12FNO2. The Kier molecular flexibility index (Phi) is 3.59. The molecule has 0 heterocycles. The number of hydrogen-bond donors (Lipinski definition) is 1. The predicted octanol–water partition coefficient (Wildman–Crippen LogP) is 1.58. The van der Waals surface area contributed by atoms with Crippen LogP contribution in [0.1, 0.15) is 18.5 Å². The molecule has 1 aromatic carbocycles. The number of alkyl halides is 1. The van der Waals surface area contributed by atoms with Gasteiger partial charge in [-0.3, -0.25) is 4.79 Å². The maximum absolute atomic E-state index is 12.2. The number of halogens is 1. The van der Waals surface area contributed by atoms with Crippen molar-refractivity contribution < 1.29 is 13.9 Å². The summed E-state index contributed by atoms with van der Waals surface area (Å²) in [5.74, 6) is -0.0186. The van der Waals surface area contributed by atoms with Crippen LogP contribution in [-0.4, -0.2) is 12.6 Å². The molecule has 0 aliphatic rings. The number of ether oxygens (including phenoxy) is 1. The first-order valence-electron chi connectivity index (χ1n) is 4.23. The fraction of sp³-hybridized carbons (Fsp3) is 0.300. The Morgan fingerprint density at radius 2 is 2.36 bits per heavy atom. The summed E-state index contributed by atoms with van der Waals surface area (Å²) in [6, 6.07) is 5.88. The number of carbonyl (C=O) groups excluding carboxylic acids is 1. The highest BCUT2D eigenvalue weighted by Gasteiger charge is 2.06. The van der Waals surface area contributed by atoms with Gasteiger partial charge in [0, 0.05) is 6.92 Å². The molecule has 0 unspecified atom stereocenters. The Hall–Kier alpha value is -1.42. The molecule has 1 rings (SSSR count). The van der Waals surface area contributed by atoms with Gasteiger partial charge >= 0.3 is 5.97 Å². The molecule has 1 aromatic rings. The predicted molar refractivity (Wildman–Crippen MR) is 50.7 cm³/mol. The van der Waals surface area contributed by atoms with Gasteiger partial charge < -0.3 is 10.5 Å². The lowest BCUT2D eigenvalue weighted by Crippen LogP contribution is -2.12. The summed E-state index contributed by atoms with van der Waals surface area (Å²) in [6.07, 6.45) is 0. The summed E-state index contributed by atoms with van der Waals surface area (Å²) in [6.45, 7) is 0.672. The summed E-state index contributed by atoms with van der Waals surface area (Å²) in [5, 5.41) is 0. The van der Waals surface area contributed by atoms with Gasteiger partial charge in [-0.2, -0.15) is 0 Å². The molecule has 0 saturated carbocycles. The van der Waals surface area contributed by atoms with Gasteiger partial charge in [0.25, 0.3) is 0 Å². The first-order valence-corrected chi connectivity index (χ1v) is 4.23.